The molecule has 47 heavy (non-hydrogen) atoms. The zero-order valence-electron chi connectivity index (χ0n) is 25.2. The van der Waals surface area contributed by atoms with Gasteiger partial charge in [0.05, 0.1) is 28.3 Å². The van der Waals surface area contributed by atoms with Crippen molar-refractivity contribution in [3.63, 3.8) is 0 Å². The van der Waals surface area contributed by atoms with Gasteiger partial charge in [0.2, 0.25) is 0 Å². The van der Waals surface area contributed by atoms with Crippen molar-refractivity contribution >= 4 is 28.4 Å². The van der Waals surface area contributed by atoms with E-state index < -0.39 is 0 Å². The van der Waals surface area contributed by atoms with Gasteiger partial charge in [0.1, 0.15) is 5.71 Å². The number of hydrogen-bond donors (Lipinski definition) is 2. The monoisotopic (exact) mass is 605 g/mol. The lowest BCUT2D eigenvalue weighted by Gasteiger charge is -2.20. The Morgan fingerprint density at radius 2 is 1.11 bits per heavy atom. The minimum atomic E-state index is 0.161. The number of allylic oxidation sites excluding steroid dienone is 1. The van der Waals surface area contributed by atoms with Crippen molar-refractivity contribution in [2.45, 2.75) is 0 Å². The number of hydrogen-bond acceptors (Lipinski definition) is 6. The van der Waals surface area contributed by atoms with E-state index in [-0.39, 0.29) is 11.4 Å². The minimum absolute atomic E-state index is 0.161. The summed E-state index contributed by atoms with van der Waals surface area (Å²) >= 11 is 0. The Hall–Kier alpha value is -6.53. The highest BCUT2D eigenvalue weighted by Gasteiger charge is 2.25. The van der Waals surface area contributed by atoms with E-state index in [1.54, 1.807) is 6.08 Å². The number of benzene rings is 5. The van der Waals surface area contributed by atoms with Crippen LogP contribution in [0.15, 0.2) is 151 Å². The lowest BCUT2D eigenvalue weighted by atomic mass is 9.87. The van der Waals surface area contributed by atoms with Gasteiger partial charge in [0.15, 0.2) is 5.82 Å². The van der Waals surface area contributed by atoms with Gasteiger partial charge in [-0.1, -0.05) is 139 Å². The zero-order chi connectivity index (χ0) is 31.7. The van der Waals surface area contributed by atoms with Gasteiger partial charge in [-0.05, 0) is 23.8 Å². The molecule has 2 N–H and O–H groups in total. The zero-order valence-corrected chi connectivity index (χ0v) is 25.2. The van der Waals surface area contributed by atoms with Gasteiger partial charge in [-0.3, -0.25) is 5.41 Å². The normalized spacial score (nSPS) is 13.2. The molecule has 1 aliphatic rings. The van der Waals surface area contributed by atoms with Gasteiger partial charge in [-0.2, -0.15) is 0 Å². The first-order chi connectivity index (χ1) is 23.2. The molecule has 0 saturated carbocycles. The molecule has 0 saturated heterocycles. The van der Waals surface area contributed by atoms with Crippen molar-refractivity contribution in [1.29, 1.82) is 5.41 Å². The summed E-state index contributed by atoms with van der Waals surface area (Å²) in [5.74, 6) is 0.671. The van der Waals surface area contributed by atoms with Crippen LogP contribution in [0.3, 0.4) is 0 Å². The summed E-state index contributed by atoms with van der Waals surface area (Å²) in [6.45, 7) is 0. The highest BCUT2D eigenvalue weighted by atomic mass is 16.4. The van der Waals surface area contributed by atoms with Gasteiger partial charge in [0.25, 0.3) is 0 Å². The molecule has 0 aliphatic heterocycles. The first kappa shape index (κ1) is 28.0. The molecule has 8 rings (SSSR count). The van der Waals surface area contributed by atoms with Crippen molar-refractivity contribution in [1.82, 2.24) is 15.0 Å². The Labute approximate surface area is 271 Å². The molecule has 0 atom stereocenters. The summed E-state index contributed by atoms with van der Waals surface area (Å²) in [5.41, 5.74) is 11.0. The van der Waals surface area contributed by atoms with Crippen LogP contribution in [-0.2, 0) is 0 Å². The number of nitrogens with one attached hydrogen (secondary N) is 1. The van der Waals surface area contributed by atoms with Gasteiger partial charge in [-0.25, -0.2) is 15.0 Å². The van der Waals surface area contributed by atoms with Crippen LogP contribution in [0.4, 0.5) is 0 Å². The van der Waals surface area contributed by atoms with Crippen LogP contribution < -0.4 is 0 Å². The Morgan fingerprint density at radius 3 is 1.74 bits per heavy atom. The van der Waals surface area contributed by atoms with E-state index in [1.165, 1.54) is 0 Å². The molecule has 7 aromatic rings. The SMILES string of the molecule is N=C1/C(=N\O)C=Cc2c(-c3ccccc3)nc3c(-c4ccc(-c5cc(-c6ccccc6)nc(-c6ccccc6)n5)cc4)cccc3c21. The predicted molar refractivity (Wildman–Crippen MR) is 190 cm³/mol. The number of para-hydroxylation sites is 1. The summed E-state index contributed by atoms with van der Waals surface area (Å²) < 4.78 is 0. The number of pyridine rings is 1. The van der Waals surface area contributed by atoms with E-state index in [9.17, 15) is 5.21 Å². The Balaban J connectivity index is 1.27. The molecule has 222 valence electrons. The molecule has 6 heteroatoms. The van der Waals surface area contributed by atoms with Crippen molar-refractivity contribution in [2.24, 2.45) is 5.16 Å². The summed E-state index contributed by atoms with van der Waals surface area (Å²) in [5, 5.41) is 22.8. The maximum atomic E-state index is 9.63. The fourth-order valence-electron chi connectivity index (χ4n) is 6.13. The molecule has 0 bridgehead atoms. The number of oxime groups is 1. The van der Waals surface area contributed by atoms with Crippen LogP contribution in [0, 0.1) is 5.41 Å². The van der Waals surface area contributed by atoms with E-state index in [0.29, 0.717) is 11.4 Å². The van der Waals surface area contributed by atoms with Gasteiger partial charge in [0, 0.05) is 44.3 Å². The van der Waals surface area contributed by atoms with Crippen molar-refractivity contribution in [3.8, 4) is 56.3 Å². The standard InChI is InChI=1S/C41H27N5O/c42-38-34(46-47)24-23-33-37(38)32-18-10-17-31(40(32)45-39(33)29-13-6-2-7-14-29)26-19-21-28(22-20-26)36-25-35(27-11-4-1-5-12-27)43-41(44-36)30-15-8-3-9-16-30/h1-25,42,47H/b42-38?,46-34-. The van der Waals surface area contributed by atoms with Crippen LogP contribution in [0.1, 0.15) is 11.1 Å². The molecular formula is C41H27N5O. The summed E-state index contributed by atoms with van der Waals surface area (Å²) in [4.78, 5) is 15.1. The molecule has 0 unspecified atom stereocenters. The van der Waals surface area contributed by atoms with Crippen LogP contribution in [-0.4, -0.2) is 31.6 Å². The highest BCUT2D eigenvalue weighted by Crippen LogP contribution is 2.38. The van der Waals surface area contributed by atoms with Crippen molar-refractivity contribution in [2.75, 3.05) is 0 Å². The Bertz CT molecular complexity index is 2290. The highest BCUT2D eigenvalue weighted by molar-refractivity contribution is 6.55. The number of fused-ring (bicyclic) bond motifs is 3. The maximum absolute atomic E-state index is 9.63. The average molecular weight is 606 g/mol. The lowest BCUT2D eigenvalue weighted by molar-refractivity contribution is 0.320. The summed E-state index contributed by atoms with van der Waals surface area (Å²) in [7, 11) is 0. The number of rotatable bonds is 5. The van der Waals surface area contributed by atoms with Crippen LogP contribution in [0.25, 0.3) is 73.3 Å². The predicted octanol–water partition coefficient (Wildman–Crippen LogP) is 9.58. The van der Waals surface area contributed by atoms with E-state index in [1.807, 2.05) is 103 Å². The first-order valence-electron chi connectivity index (χ1n) is 15.3. The van der Waals surface area contributed by atoms with Crippen LogP contribution in [0.2, 0.25) is 0 Å². The number of aromatic nitrogens is 3. The van der Waals surface area contributed by atoms with Crippen molar-refractivity contribution < 1.29 is 5.21 Å². The molecular weight excluding hydrogens is 578 g/mol. The van der Waals surface area contributed by atoms with E-state index in [2.05, 4.69) is 47.6 Å². The van der Waals surface area contributed by atoms with Crippen molar-refractivity contribution in [3.05, 3.63) is 157 Å². The molecule has 0 amide bonds. The van der Waals surface area contributed by atoms with Crippen LogP contribution in [0.5, 0.6) is 0 Å². The second-order valence-electron chi connectivity index (χ2n) is 11.3. The largest absolute Gasteiger partial charge is 0.410 e. The summed E-state index contributed by atoms with van der Waals surface area (Å²) in [6, 6.07) is 46.6. The average Bonchev–Trinajstić information content (AvgIpc) is 3.15. The first-order valence-corrected chi connectivity index (χ1v) is 15.3. The maximum Gasteiger partial charge on any atom is 0.160 e. The second-order valence-corrected chi connectivity index (χ2v) is 11.3. The molecule has 0 radical (unpaired) electrons. The number of nitrogens with zero attached hydrogens (tertiary/aromatic N) is 4. The third-order valence-electron chi connectivity index (χ3n) is 8.44. The Morgan fingerprint density at radius 1 is 0.532 bits per heavy atom. The molecule has 2 heterocycles. The molecule has 1 aliphatic carbocycles. The molecule has 2 aromatic heterocycles. The minimum Gasteiger partial charge on any atom is -0.410 e. The second kappa shape index (κ2) is 11.8. The molecule has 0 spiro atoms. The fraction of sp³-hybridized carbons (Fsp3) is 0. The topological polar surface area (TPSA) is 95.1 Å². The Kier molecular flexibility index (Phi) is 7.00. The van der Waals surface area contributed by atoms with Gasteiger partial charge >= 0.3 is 0 Å². The quantitative estimate of drug-likeness (QED) is 0.151. The van der Waals surface area contributed by atoms with Gasteiger partial charge < -0.3 is 5.21 Å². The van der Waals surface area contributed by atoms with E-state index >= 15 is 0 Å². The third-order valence-corrected chi connectivity index (χ3v) is 8.44. The summed E-state index contributed by atoms with van der Waals surface area (Å²) in [6.07, 6.45) is 3.54. The third kappa shape index (κ3) is 5.08. The molecule has 6 nitrogen and oxygen atoms in total. The molecule has 0 fully saturated rings. The fourth-order valence-corrected chi connectivity index (χ4v) is 6.13. The molecule has 5 aromatic carbocycles. The van der Waals surface area contributed by atoms with E-state index in [0.717, 1.165) is 66.9 Å². The van der Waals surface area contributed by atoms with Gasteiger partial charge in [-0.15, -0.1) is 0 Å². The smallest absolute Gasteiger partial charge is 0.160 e. The van der Waals surface area contributed by atoms with Crippen LogP contribution >= 0.6 is 0 Å². The van der Waals surface area contributed by atoms with E-state index in [4.69, 9.17) is 20.4 Å². The lowest BCUT2D eigenvalue weighted by Crippen LogP contribution is -2.18.